The van der Waals surface area contributed by atoms with Crippen LogP contribution in [0.25, 0.3) is 0 Å². The van der Waals surface area contributed by atoms with Crippen molar-refractivity contribution in [2.24, 2.45) is 29.6 Å². The Morgan fingerprint density at radius 3 is 1.32 bits per heavy atom. The maximum absolute atomic E-state index is 3.21. The molecule has 6 fully saturated rings. The number of hydrogen-bond acceptors (Lipinski definition) is 2. The quantitative estimate of drug-likeness (QED) is 0.206. The molecule has 0 spiro atoms. The number of hydrogen-bond donors (Lipinski definition) is 0. The van der Waals surface area contributed by atoms with Crippen LogP contribution in [0.5, 0.6) is 0 Å². The van der Waals surface area contributed by atoms with Crippen LogP contribution in [0.3, 0.4) is 0 Å². The van der Waals surface area contributed by atoms with Gasteiger partial charge in [-0.25, -0.2) is 0 Å². The molecule has 0 aliphatic heterocycles. The summed E-state index contributed by atoms with van der Waals surface area (Å²) in [4.78, 5) is 5.97. The van der Waals surface area contributed by atoms with E-state index in [9.17, 15) is 0 Å². The molecule has 0 amide bonds. The van der Waals surface area contributed by atoms with E-state index in [1.54, 1.807) is 0 Å². The molecule has 2 atom stereocenters. The first-order valence-corrected chi connectivity index (χ1v) is 22.1. The molecule has 6 saturated carbocycles. The van der Waals surface area contributed by atoms with E-state index in [1.807, 2.05) is 11.1 Å². The topological polar surface area (TPSA) is 6.48 Å². The zero-order chi connectivity index (χ0) is 32.4. The molecule has 6 rings (SSSR count). The second kappa shape index (κ2) is 18.6. The molecular formula is C45H78N2. The van der Waals surface area contributed by atoms with Crippen LogP contribution in [-0.4, -0.2) is 47.1 Å². The summed E-state index contributed by atoms with van der Waals surface area (Å²) in [6.45, 7) is 9.76. The second-order valence-corrected chi connectivity index (χ2v) is 17.9. The summed E-state index contributed by atoms with van der Waals surface area (Å²) in [5.41, 5.74) is 3.85. The van der Waals surface area contributed by atoms with Gasteiger partial charge in [-0.05, 0) is 145 Å². The third-order valence-corrected chi connectivity index (χ3v) is 15.0. The molecule has 47 heavy (non-hydrogen) atoms. The predicted octanol–water partition coefficient (Wildman–Crippen LogP) is 12.7. The summed E-state index contributed by atoms with van der Waals surface area (Å²) in [5, 5.41) is 0. The highest BCUT2D eigenvalue weighted by molar-refractivity contribution is 5.26. The van der Waals surface area contributed by atoms with Crippen molar-refractivity contribution in [2.45, 2.75) is 218 Å². The zero-order valence-electron chi connectivity index (χ0n) is 31.8. The van der Waals surface area contributed by atoms with Gasteiger partial charge in [0.05, 0.1) is 0 Å². The smallest absolute Gasteiger partial charge is 0.0102 e. The Morgan fingerprint density at radius 1 is 0.426 bits per heavy atom. The largest absolute Gasteiger partial charge is 0.301 e. The third kappa shape index (κ3) is 9.60. The van der Waals surface area contributed by atoms with Crippen molar-refractivity contribution >= 4 is 0 Å². The Labute approximate surface area is 293 Å². The highest BCUT2D eigenvalue weighted by atomic mass is 15.2. The van der Waals surface area contributed by atoms with Gasteiger partial charge in [-0.1, -0.05) is 115 Å². The minimum absolute atomic E-state index is 0.829. The average molecular weight is 647 g/mol. The molecule has 0 radical (unpaired) electrons. The number of rotatable bonds is 11. The summed E-state index contributed by atoms with van der Waals surface area (Å²) in [7, 11) is 0. The van der Waals surface area contributed by atoms with Gasteiger partial charge in [-0.2, -0.15) is 0 Å². The summed E-state index contributed by atoms with van der Waals surface area (Å²) in [6, 6.07) is 3.50. The third-order valence-electron chi connectivity index (χ3n) is 15.0. The van der Waals surface area contributed by atoms with Crippen LogP contribution in [0.15, 0.2) is 23.3 Å². The maximum Gasteiger partial charge on any atom is 0.0102 e. The first kappa shape index (κ1) is 36.2. The van der Waals surface area contributed by atoms with Crippen LogP contribution in [0, 0.1) is 29.6 Å². The van der Waals surface area contributed by atoms with Crippen molar-refractivity contribution in [1.82, 2.24) is 9.80 Å². The first-order valence-electron chi connectivity index (χ1n) is 22.1. The minimum Gasteiger partial charge on any atom is -0.301 e. The lowest BCUT2D eigenvalue weighted by Crippen LogP contribution is -2.52. The van der Waals surface area contributed by atoms with Crippen molar-refractivity contribution in [2.75, 3.05) is 13.1 Å². The lowest BCUT2D eigenvalue weighted by Gasteiger charge is -2.49. The van der Waals surface area contributed by atoms with Gasteiger partial charge in [-0.3, -0.25) is 4.90 Å². The van der Waals surface area contributed by atoms with Gasteiger partial charge in [0.25, 0.3) is 0 Å². The van der Waals surface area contributed by atoms with Crippen LogP contribution < -0.4 is 0 Å². The van der Waals surface area contributed by atoms with Gasteiger partial charge in [0.15, 0.2) is 0 Å². The van der Waals surface area contributed by atoms with Gasteiger partial charge in [0.1, 0.15) is 0 Å². The summed E-state index contributed by atoms with van der Waals surface area (Å²) in [6.07, 6.45) is 45.4. The first-order chi connectivity index (χ1) is 23.1. The number of nitrogens with zero attached hydrogens (tertiary/aromatic N) is 2. The molecule has 0 N–H and O–H groups in total. The molecule has 6 aliphatic rings. The van der Waals surface area contributed by atoms with Crippen LogP contribution >= 0.6 is 0 Å². The standard InChI is InChI=1S/C45H78N2/c1-4-46(5-2)40-28-24-37(25-29-40)44(32-33-45(36-17-9-6-10-18-36)39-19-15-16-35(3)34-39)38-26-30-43(31-27-38)47(41-20-11-7-12-21-41)42-22-13-8-14-23-42/h32-33,35-43H,4-31,34H2,1-3H3/b44-32+,45-33-. The average Bonchev–Trinajstić information content (AvgIpc) is 3.13. The van der Waals surface area contributed by atoms with Crippen molar-refractivity contribution in [3.8, 4) is 0 Å². The Hall–Kier alpha value is -0.600. The molecule has 2 heteroatoms. The van der Waals surface area contributed by atoms with Crippen molar-refractivity contribution < 1.29 is 0 Å². The van der Waals surface area contributed by atoms with Crippen LogP contribution in [0.4, 0.5) is 0 Å². The molecule has 6 aliphatic carbocycles. The Balaban J connectivity index is 1.22. The fraction of sp³-hybridized carbons (Fsp3) is 0.911. The number of allylic oxidation sites excluding steroid dienone is 4. The second-order valence-electron chi connectivity index (χ2n) is 17.9. The highest BCUT2D eigenvalue weighted by Crippen LogP contribution is 2.45. The van der Waals surface area contributed by atoms with E-state index in [2.05, 4.69) is 42.7 Å². The predicted molar refractivity (Wildman–Crippen MR) is 204 cm³/mol. The summed E-state index contributed by atoms with van der Waals surface area (Å²) in [5.74, 6) is 4.35. The molecule has 0 heterocycles. The van der Waals surface area contributed by atoms with E-state index in [4.69, 9.17) is 0 Å². The molecule has 0 saturated heterocycles. The lowest BCUT2D eigenvalue weighted by molar-refractivity contribution is 0.0168. The molecule has 2 nitrogen and oxygen atoms in total. The van der Waals surface area contributed by atoms with Gasteiger partial charge >= 0.3 is 0 Å². The van der Waals surface area contributed by atoms with Gasteiger partial charge in [0.2, 0.25) is 0 Å². The van der Waals surface area contributed by atoms with Crippen molar-refractivity contribution in [3.63, 3.8) is 0 Å². The van der Waals surface area contributed by atoms with E-state index in [-0.39, 0.29) is 0 Å². The van der Waals surface area contributed by atoms with E-state index < -0.39 is 0 Å². The normalized spacial score (nSPS) is 35.1. The van der Waals surface area contributed by atoms with Crippen molar-refractivity contribution in [3.05, 3.63) is 23.3 Å². The van der Waals surface area contributed by atoms with E-state index in [0.29, 0.717) is 0 Å². The van der Waals surface area contributed by atoms with E-state index >= 15 is 0 Å². The zero-order valence-corrected chi connectivity index (χ0v) is 31.8. The van der Waals surface area contributed by atoms with Gasteiger partial charge in [-0.15, -0.1) is 0 Å². The molecule has 2 unspecified atom stereocenters. The SMILES string of the molecule is CCN(CC)C1CCC(/C(=C\C=C(\C2CCCCC2)C2CCCC(C)C2)C2CCC(N(C3CCCCC3)C3CCCCC3)CC2)CC1. The van der Waals surface area contributed by atoms with Crippen LogP contribution in [-0.2, 0) is 0 Å². The molecule has 0 bridgehead atoms. The fourth-order valence-electron chi connectivity index (χ4n) is 12.5. The molecule has 0 aromatic carbocycles. The van der Waals surface area contributed by atoms with E-state index in [1.165, 1.54) is 186 Å². The lowest BCUT2D eigenvalue weighted by atomic mass is 9.69. The molecule has 0 aromatic heterocycles. The maximum atomic E-state index is 3.21. The fourth-order valence-corrected chi connectivity index (χ4v) is 12.5. The molecule has 268 valence electrons. The molecular weight excluding hydrogens is 569 g/mol. The van der Waals surface area contributed by atoms with Crippen LogP contribution in [0.1, 0.15) is 194 Å². The minimum atomic E-state index is 0.829. The van der Waals surface area contributed by atoms with E-state index in [0.717, 1.165) is 53.8 Å². The van der Waals surface area contributed by atoms with Gasteiger partial charge < -0.3 is 4.90 Å². The summed E-state index contributed by atoms with van der Waals surface area (Å²) < 4.78 is 0. The Kier molecular flexibility index (Phi) is 14.3. The van der Waals surface area contributed by atoms with Crippen LogP contribution in [0.2, 0.25) is 0 Å². The monoisotopic (exact) mass is 647 g/mol. The summed E-state index contributed by atoms with van der Waals surface area (Å²) >= 11 is 0. The van der Waals surface area contributed by atoms with Gasteiger partial charge in [0, 0.05) is 24.2 Å². The Bertz CT molecular complexity index is 924. The molecule has 0 aromatic rings. The van der Waals surface area contributed by atoms with Crippen molar-refractivity contribution in [1.29, 1.82) is 0 Å². The Morgan fingerprint density at radius 2 is 0.830 bits per heavy atom. The highest BCUT2D eigenvalue weighted by Gasteiger charge is 2.38.